The minimum atomic E-state index is -0.942. The van der Waals surface area contributed by atoms with Gasteiger partial charge in [0.05, 0.1) is 5.02 Å². The second-order valence-corrected chi connectivity index (χ2v) is 7.49. The van der Waals surface area contributed by atoms with Gasteiger partial charge in [0.1, 0.15) is 5.75 Å². The third kappa shape index (κ3) is 7.69. The molecular weight excluding hydrogens is 429 g/mol. The molecule has 0 aliphatic rings. The van der Waals surface area contributed by atoms with Crippen molar-refractivity contribution < 1.29 is 23.9 Å². The molecule has 0 radical (unpaired) electrons. The van der Waals surface area contributed by atoms with Gasteiger partial charge >= 0.3 is 5.97 Å². The van der Waals surface area contributed by atoms with Crippen LogP contribution in [0.15, 0.2) is 42.5 Å². The van der Waals surface area contributed by atoms with E-state index in [4.69, 9.17) is 32.7 Å². The van der Waals surface area contributed by atoms with Crippen LogP contribution in [0.4, 0.5) is 0 Å². The van der Waals surface area contributed by atoms with E-state index in [1.165, 1.54) is 19.9 Å². The van der Waals surface area contributed by atoms with Crippen LogP contribution in [-0.2, 0) is 20.7 Å². The Morgan fingerprint density at radius 3 is 2.40 bits per heavy atom. The SMILES string of the molecule is CC(=O)NCCCc1ccc(C(=O)COC(=O)C(C)Oc2ccc(Cl)cc2Cl)cc1. The summed E-state index contributed by atoms with van der Waals surface area (Å²) in [6.45, 7) is 3.21. The van der Waals surface area contributed by atoms with Crippen LogP contribution in [0.2, 0.25) is 10.0 Å². The highest BCUT2D eigenvalue weighted by Crippen LogP contribution is 2.28. The molecule has 160 valence electrons. The molecule has 0 aromatic heterocycles. The van der Waals surface area contributed by atoms with Gasteiger partial charge in [-0.05, 0) is 43.5 Å². The number of ketones is 1. The fourth-order valence-corrected chi connectivity index (χ4v) is 3.01. The van der Waals surface area contributed by atoms with Crippen LogP contribution in [0.25, 0.3) is 0 Å². The average Bonchev–Trinajstić information content (AvgIpc) is 2.71. The minimum Gasteiger partial charge on any atom is -0.477 e. The van der Waals surface area contributed by atoms with E-state index in [1.54, 1.807) is 24.3 Å². The summed E-state index contributed by atoms with van der Waals surface area (Å²) in [5, 5.41) is 3.46. The van der Waals surface area contributed by atoms with E-state index in [0.717, 1.165) is 18.4 Å². The van der Waals surface area contributed by atoms with Crippen molar-refractivity contribution in [1.82, 2.24) is 5.32 Å². The lowest BCUT2D eigenvalue weighted by Crippen LogP contribution is -2.28. The Labute approximate surface area is 185 Å². The first-order valence-corrected chi connectivity index (χ1v) is 10.2. The number of hydrogen-bond donors (Lipinski definition) is 1. The molecule has 6 nitrogen and oxygen atoms in total. The number of nitrogens with one attached hydrogen (secondary N) is 1. The fourth-order valence-electron chi connectivity index (χ4n) is 2.56. The maximum absolute atomic E-state index is 12.3. The number of benzene rings is 2. The molecule has 30 heavy (non-hydrogen) atoms. The van der Waals surface area contributed by atoms with Gasteiger partial charge in [0, 0.05) is 24.1 Å². The van der Waals surface area contributed by atoms with Gasteiger partial charge in [-0.15, -0.1) is 0 Å². The normalized spacial score (nSPS) is 11.5. The highest BCUT2D eigenvalue weighted by Gasteiger charge is 2.19. The van der Waals surface area contributed by atoms with Gasteiger partial charge in [-0.1, -0.05) is 47.5 Å². The monoisotopic (exact) mass is 451 g/mol. The molecule has 8 heteroatoms. The molecule has 2 rings (SSSR count). The summed E-state index contributed by atoms with van der Waals surface area (Å²) in [6, 6.07) is 11.7. The van der Waals surface area contributed by atoms with Gasteiger partial charge in [0.2, 0.25) is 5.91 Å². The van der Waals surface area contributed by atoms with Crippen LogP contribution in [0.3, 0.4) is 0 Å². The van der Waals surface area contributed by atoms with E-state index in [-0.39, 0.29) is 23.3 Å². The van der Waals surface area contributed by atoms with Crippen molar-refractivity contribution in [1.29, 1.82) is 0 Å². The first-order valence-electron chi connectivity index (χ1n) is 9.41. The molecule has 0 saturated heterocycles. The van der Waals surface area contributed by atoms with Crippen molar-refractivity contribution in [2.75, 3.05) is 13.2 Å². The molecule has 1 unspecified atom stereocenters. The Bertz CT molecular complexity index is 899. The van der Waals surface area contributed by atoms with E-state index >= 15 is 0 Å². The van der Waals surface area contributed by atoms with Crippen molar-refractivity contribution in [2.24, 2.45) is 0 Å². The molecular formula is C22H23Cl2NO5. The third-order valence-corrected chi connectivity index (χ3v) is 4.70. The van der Waals surface area contributed by atoms with Crippen LogP contribution < -0.4 is 10.1 Å². The first kappa shape index (κ1) is 23.7. The number of Topliss-reactive ketones (excluding diaryl/α,β-unsaturated/α-hetero) is 1. The summed E-state index contributed by atoms with van der Waals surface area (Å²) >= 11 is 11.8. The Hall–Kier alpha value is -2.57. The Morgan fingerprint density at radius 1 is 1.07 bits per heavy atom. The highest BCUT2D eigenvalue weighted by atomic mass is 35.5. The van der Waals surface area contributed by atoms with Crippen molar-refractivity contribution in [3.05, 3.63) is 63.6 Å². The molecule has 2 aromatic carbocycles. The molecule has 2 aromatic rings. The Balaban J connectivity index is 1.79. The number of amides is 1. The molecule has 0 bridgehead atoms. The molecule has 0 fully saturated rings. The van der Waals surface area contributed by atoms with E-state index in [2.05, 4.69) is 5.32 Å². The molecule has 1 atom stereocenters. The molecule has 0 saturated carbocycles. The lowest BCUT2D eigenvalue weighted by Gasteiger charge is -2.15. The predicted molar refractivity (Wildman–Crippen MR) is 115 cm³/mol. The highest BCUT2D eigenvalue weighted by molar-refractivity contribution is 6.35. The van der Waals surface area contributed by atoms with Crippen LogP contribution in [0.5, 0.6) is 5.75 Å². The summed E-state index contributed by atoms with van der Waals surface area (Å²) in [7, 11) is 0. The van der Waals surface area contributed by atoms with Crippen LogP contribution in [-0.4, -0.2) is 36.9 Å². The van der Waals surface area contributed by atoms with Gasteiger partial charge in [-0.3, -0.25) is 9.59 Å². The van der Waals surface area contributed by atoms with Crippen molar-refractivity contribution in [3.63, 3.8) is 0 Å². The largest absolute Gasteiger partial charge is 0.477 e. The van der Waals surface area contributed by atoms with Crippen LogP contribution in [0.1, 0.15) is 36.2 Å². The number of carbonyl (C=O) groups excluding carboxylic acids is 3. The molecule has 0 aliphatic carbocycles. The van der Waals surface area contributed by atoms with Crippen molar-refractivity contribution >= 4 is 40.9 Å². The van der Waals surface area contributed by atoms with Gasteiger partial charge in [-0.25, -0.2) is 4.79 Å². The Morgan fingerprint density at radius 2 is 1.77 bits per heavy atom. The van der Waals surface area contributed by atoms with E-state index < -0.39 is 12.1 Å². The summed E-state index contributed by atoms with van der Waals surface area (Å²) in [6.07, 6.45) is 0.647. The van der Waals surface area contributed by atoms with Crippen LogP contribution >= 0.6 is 23.2 Å². The van der Waals surface area contributed by atoms with Gasteiger partial charge in [0.25, 0.3) is 0 Å². The standard InChI is InChI=1S/C22H23Cl2NO5/c1-14(30-21-10-9-18(23)12-19(21)24)22(28)29-13-20(27)17-7-5-16(6-8-17)4-3-11-25-15(2)26/h5-10,12,14H,3-4,11,13H2,1-2H3,(H,25,26). The van der Waals surface area contributed by atoms with Crippen molar-refractivity contribution in [3.8, 4) is 5.75 Å². The molecule has 0 heterocycles. The van der Waals surface area contributed by atoms with E-state index in [9.17, 15) is 14.4 Å². The zero-order valence-electron chi connectivity index (χ0n) is 16.7. The third-order valence-electron chi connectivity index (χ3n) is 4.17. The molecule has 1 N–H and O–H groups in total. The van der Waals surface area contributed by atoms with Crippen LogP contribution in [0, 0.1) is 0 Å². The molecule has 1 amide bonds. The van der Waals surface area contributed by atoms with Gasteiger partial charge < -0.3 is 14.8 Å². The zero-order chi connectivity index (χ0) is 22.1. The second kappa shape index (κ2) is 11.6. The predicted octanol–water partition coefficient (Wildman–Crippen LogP) is 4.26. The first-order chi connectivity index (χ1) is 14.3. The fraction of sp³-hybridized carbons (Fsp3) is 0.318. The summed E-state index contributed by atoms with van der Waals surface area (Å²) in [4.78, 5) is 35.2. The minimum absolute atomic E-state index is 0.0542. The number of hydrogen-bond acceptors (Lipinski definition) is 5. The quantitative estimate of drug-likeness (QED) is 0.331. The number of rotatable bonds is 10. The van der Waals surface area contributed by atoms with Gasteiger partial charge in [0.15, 0.2) is 18.5 Å². The number of esters is 1. The smallest absolute Gasteiger partial charge is 0.347 e. The van der Waals surface area contributed by atoms with Gasteiger partial charge in [-0.2, -0.15) is 0 Å². The lowest BCUT2D eigenvalue weighted by molar-refractivity contribution is -0.149. The van der Waals surface area contributed by atoms with Crippen molar-refractivity contribution in [2.45, 2.75) is 32.8 Å². The van der Waals surface area contributed by atoms with E-state index in [0.29, 0.717) is 22.9 Å². The number of aryl methyl sites for hydroxylation is 1. The number of ether oxygens (including phenoxy) is 2. The maximum atomic E-state index is 12.3. The number of carbonyl (C=O) groups is 3. The summed E-state index contributed by atoms with van der Waals surface area (Å²) in [5.74, 6) is -0.749. The number of halogens is 2. The topological polar surface area (TPSA) is 81.7 Å². The molecule has 0 spiro atoms. The summed E-state index contributed by atoms with van der Waals surface area (Å²) < 4.78 is 10.5. The second-order valence-electron chi connectivity index (χ2n) is 6.65. The zero-order valence-corrected chi connectivity index (χ0v) is 18.3. The Kier molecular flexibility index (Phi) is 9.15. The molecule has 0 aliphatic heterocycles. The summed E-state index contributed by atoms with van der Waals surface area (Å²) in [5.41, 5.74) is 1.50. The van der Waals surface area contributed by atoms with E-state index in [1.807, 2.05) is 12.1 Å². The lowest BCUT2D eigenvalue weighted by atomic mass is 10.1. The maximum Gasteiger partial charge on any atom is 0.347 e. The average molecular weight is 452 g/mol.